The summed E-state index contributed by atoms with van der Waals surface area (Å²) in [5.74, 6) is 0.551. The van der Waals surface area contributed by atoms with Gasteiger partial charge >= 0.3 is 0 Å². The van der Waals surface area contributed by atoms with Crippen molar-refractivity contribution in [2.24, 2.45) is 5.73 Å². The normalized spacial score (nSPS) is 12.3. The number of hydrogen-bond donors (Lipinski definition) is 3. The highest BCUT2D eigenvalue weighted by Gasteiger charge is 2.19. The third-order valence-corrected chi connectivity index (χ3v) is 8.45. The molecule has 0 aliphatic carbocycles. The lowest BCUT2D eigenvalue weighted by atomic mass is 10.0. The molecule has 0 aliphatic rings. The van der Waals surface area contributed by atoms with Gasteiger partial charge in [0.05, 0.1) is 21.6 Å². The first-order valence-corrected chi connectivity index (χ1v) is 15.1. The molecule has 222 valence electrons. The first kappa shape index (κ1) is 30.5. The van der Waals surface area contributed by atoms with Crippen LogP contribution >= 0.6 is 11.3 Å². The summed E-state index contributed by atoms with van der Waals surface area (Å²) in [6, 6.07) is 20.4. The van der Waals surface area contributed by atoms with E-state index in [9.17, 15) is 4.79 Å². The monoisotopic (exact) mass is 594 g/mol. The minimum atomic E-state index is -0.356. The van der Waals surface area contributed by atoms with E-state index in [1.165, 1.54) is 0 Å². The summed E-state index contributed by atoms with van der Waals surface area (Å²) in [6.07, 6.45) is 2.92. The molecular formula is C33H38N8OS. The lowest BCUT2D eigenvalue weighted by molar-refractivity contribution is -0.118. The number of primary amides is 1. The molecule has 1 amide bonds. The van der Waals surface area contributed by atoms with Gasteiger partial charge in [0.1, 0.15) is 5.82 Å². The van der Waals surface area contributed by atoms with Crippen molar-refractivity contribution >= 4 is 34.0 Å². The molecule has 1 atom stereocenters. The number of H-pyrrole nitrogens is 1. The molecule has 0 spiro atoms. The van der Waals surface area contributed by atoms with Crippen LogP contribution in [-0.2, 0) is 17.9 Å². The number of aromatic amines is 1. The number of anilines is 1. The number of thiophene rings is 1. The summed E-state index contributed by atoms with van der Waals surface area (Å²) in [7, 11) is 4.17. The molecule has 0 fully saturated rings. The molecule has 4 radical (unpaired) electrons. The van der Waals surface area contributed by atoms with E-state index in [-0.39, 0.29) is 18.4 Å². The fraction of sp³-hybridized carbons (Fsp3) is 0.242. The van der Waals surface area contributed by atoms with Gasteiger partial charge < -0.3 is 25.4 Å². The molecule has 1 unspecified atom stereocenters. The van der Waals surface area contributed by atoms with Crippen molar-refractivity contribution in [1.82, 2.24) is 30.0 Å². The van der Waals surface area contributed by atoms with Crippen LogP contribution in [0.1, 0.15) is 29.3 Å². The predicted octanol–water partition coefficient (Wildman–Crippen LogP) is 5.61. The number of rotatable bonds is 15. The minimum absolute atomic E-state index is 0.186. The number of nitrogens with two attached hydrogens (primary N) is 1. The number of fused-ring (bicyclic) bond motifs is 1. The zero-order valence-electron chi connectivity index (χ0n) is 24.7. The molecule has 43 heavy (non-hydrogen) atoms. The van der Waals surface area contributed by atoms with Gasteiger partial charge in [-0.25, -0.2) is 4.98 Å². The second-order valence-corrected chi connectivity index (χ2v) is 11.8. The summed E-state index contributed by atoms with van der Waals surface area (Å²) in [5, 5.41) is 10.6. The van der Waals surface area contributed by atoms with Gasteiger partial charge in [-0.1, -0.05) is 6.07 Å². The van der Waals surface area contributed by atoms with Crippen molar-refractivity contribution in [3.8, 4) is 22.0 Å². The summed E-state index contributed by atoms with van der Waals surface area (Å²) >= 11 is 1.68. The van der Waals surface area contributed by atoms with E-state index in [0.717, 1.165) is 68.6 Å². The van der Waals surface area contributed by atoms with E-state index in [4.69, 9.17) is 10.7 Å². The third-order valence-electron chi connectivity index (χ3n) is 7.33. The molecule has 5 rings (SSSR count). The van der Waals surface area contributed by atoms with E-state index >= 15 is 0 Å². The van der Waals surface area contributed by atoms with Crippen LogP contribution in [0.15, 0.2) is 66.9 Å². The summed E-state index contributed by atoms with van der Waals surface area (Å²) < 4.78 is 2.29. The zero-order chi connectivity index (χ0) is 30.3. The molecule has 0 saturated carbocycles. The minimum Gasteiger partial charge on any atom is -0.370 e. The molecule has 2 aromatic carbocycles. The van der Waals surface area contributed by atoms with Crippen LogP contribution in [0.2, 0.25) is 0 Å². The first-order chi connectivity index (χ1) is 20.9. The second kappa shape index (κ2) is 14.0. The highest BCUT2D eigenvalue weighted by Crippen LogP contribution is 2.31. The van der Waals surface area contributed by atoms with Gasteiger partial charge in [0.25, 0.3) is 0 Å². The topological polar surface area (TPSA) is 108 Å². The Balaban J connectivity index is 1.44. The number of carbonyl (C=O) groups excluding carboxylic acids is 1. The van der Waals surface area contributed by atoms with Crippen LogP contribution in [-0.4, -0.2) is 51.2 Å². The maximum Gasteiger partial charge on any atom is 0.219 e. The van der Waals surface area contributed by atoms with E-state index in [0.29, 0.717) is 6.54 Å². The van der Waals surface area contributed by atoms with Gasteiger partial charge in [0.15, 0.2) is 0 Å². The third kappa shape index (κ3) is 7.33. The SMILES string of the molecule is [CH2][CH]N([CH][CH2])c1ccc(-c2nc3cc(C(CC(N)=O)NCc4ccc(-c5ccn[nH]5)s4)ccc3n2CCCN(C)C)cc1. The Morgan fingerprint density at radius 3 is 2.58 bits per heavy atom. The number of benzene rings is 2. The molecule has 3 heterocycles. The van der Waals surface area contributed by atoms with Crippen LogP contribution in [0.3, 0.4) is 0 Å². The molecule has 0 aliphatic heterocycles. The molecular weight excluding hydrogens is 556 g/mol. The van der Waals surface area contributed by atoms with Gasteiger partial charge in [-0.2, -0.15) is 5.10 Å². The number of nitrogens with one attached hydrogen (secondary N) is 2. The van der Waals surface area contributed by atoms with Crippen molar-refractivity contribution in [2.45, 2.75) is 32.0 Å². The lowest BCUT2D eigenvalue weighted by Crippen LogP contribution is -2.26. The number of amides is 1. The number of aryl methyl sites for hydroxylation is 1. The zero-order valence-corrected chi connectivity index (χ0v) is 25.5. The van der Waals surface area contributed by atoms with Gasteiger partial charge in [-0.3, -0.25) is 9.89 Å². The Morgan fingerprint density at radius 2 is 1.91 bits per heavy atom. The second-order valence-electron chi connectivity index (χ2n) is 10.7. The van der Waals surface area contributed by atoms with Crippen LogP contribution < -0.4 is 16.0 Å². The molecule has 3 aromatic heterocycles. The van der Waals surface area contributed by atoms with E-state index < -0.39 is 0 Å². The fourth-order valence-electron chi connectivity index (χ4n) is 5.17. The van der Waals surface area contributed by atoms with Crippen LogP contribution in [0.4, 0.5) is 5.69 Å². The molecule has 0 bridgehead atoms. The maximum atomic E-state index is 12.1. The molecule has 5 aromatic rings. The highest BCUT2D eigenvalue weighted by atomic mass is 32.1. The number of imidazole rings is 1. The van der Waals surface area contributed by atoms with Crippen LogP contribution in [0.25, 0.3) is 33.0 Å². The van der Waals surface area contributed by atoms with Crippen LogP contribution in [0.5, 0.6) is 0 Å². The fourth-order valence-corrected chi connectivity index (χ4v) is 6.10. The quantitative estimate of drug-likeness (QED) is 0.145. The average molecular weight is 595 g/mol. The van der Waals surface area contributed by atoms with E-state index in [1.807, 2.05) is 23.1 Å². The van der Waals surface area contributed by atoms with Crippen molar-refractivity contribution in [3.63, 3.8) is 0 Å². The molecule has 10 heteroatoms. The van der Waals surface area contributed by atoms with Crippen molar-refractivity contribution in [3.05, 3.63) is 104 Å². The lowest BCUT2D eigenvalue weighted by Gasteiger charge is -2.20. The van der Waals surface area contributed by atoms with Crippen LogP contribution in [0, 0.1) is 26.9 Å². The Morgan fingerprint density at radius 1 is 1.12 bits per heavy atom. The van der Waals surface area contributed by atoms with Gasteiger partial charge in [0.2, 0.25) is 5.91 Å². The highest BCUT2D eigenvalue weighted by molar-refractivity contribution is 7.15. The smallest absolute Gasteiger partial charge is 0.219 e. The standard InChI is InChI=1S/C33H38N8OS/c1-5-40(6-2)25-11-8-23(9-12-25)33-37-29-20-24(10-14-30(29)41(33)19-7-18-39(3)4)28(21-32(34)42)35-22-26-13-15-31(43-26)27-16-17-36-38-27/h5-6,8-17,20,28,35H,1-2,7,18-19,21-22H2,3-4H3,(H2,34,42)(H,36,38). The number of aromatic nitrogens is 4. The predicted molar refractivity (Wildman–Crippen MR) is 175 cm³/mol. The van der Waals surface area contributed by atoms with E-state index in [2.05, 4.69) is 95.4 Å². The summed E-state index contributed by atoms with van der Waals surface area (Å²) in [6.45, 7) is 13.6. The number of hydrogen-bond acceptors (Lipinski definition) is 7. The number of carbonyl (C=O) groups is 1. The molecule has 0 saturated heterocycles. The largest absolute Gasteiger partial charge is 0.370 e. The van der Waals surface area contributed by atoms with Crippen molar-refractivity contribution < 1.29 is 4.79 Å². The molecule has 4 N–H and O–H groups in total. The maximum absolute atomic E-state index is 12.1. The van der Waals surface area contributed by atoms with Gasteiger partial charge in [-0.05, 0) is 101 Å². The van der Waals surface area contributed by atoms with E-state index in [1.54, 1.807) is 30.6 Å². The Bertz CT molecular complexity index is 1620. The number of nitrogens with zero attached hydrogens (tertiary/aromatic N) is 5. The Kier molecular flexibility index (Phi) is 9.91. The van der Waals surface area contributed by atoms with Crippen molar-refractivity contribution in [2.75, 3.05) is 25.5 Å². The van der Waals surface area contributed by atoms with Gasteiger partial charge in [0, 0.05) is 61.0 Å². The van der Waals surface area contributed by atoms with Gasteiger partial charge in [-0.15, -0.1) is 11.3 Å². The first-order valence-electron chi connectivity index (χ1n) is 14.2. The average Bonchev–Trinajstić information content (AvgIpc) is 3.76. The summed E-state index contributed by atoms with van der Waals surface area (Å²) in [4.78, 5) is 23.5. The summed E-state index contributed by atoms with van der Waals surface area (Å²) in [5.41, 5.74) is 11.6. The Labute approximate surface area is 257 Å². The van der Waals surface area contributed by atoms with Crippen molar-refractivity contribution in [1.29, 1.82) is 0 Å². The Hall–Kier alpha value is -3.99. The molecule has 9 nitrogen and oxygen atoms in total.